The van der Waals surface area contributed by atoms with Crippen LogP contribution in [0, 0.1) is 0 Å². The molecule has 0 saturated heterocycles. The highest BCUT2D eigenvalue weighted by molar-refractivity contribution is 9.10. The highest BCUT2D eigenvalue weighted by atomic mass is 79.9. The molecule has 1 aromatic carbocycles. The second-order valence-electron chi connectivity index (χ2n) is 4.06. The highest BCUT2D eigenvalue weighted by Gasteiger charge is 2.06. The number of benzene rings is 1. The Bertz CT molecular complexity index is 760. The van der Waals surface area contributed by atoms with Crippen molar-refractivity contribution in [2.24, 2.45) is 0 Å². The summed E-state index contributed by atoms with van der Waals surface area (Å²) in [5, 5.41) is 3.80. The number of hydrogen-bond donors (Lipinski definition) is 1. The van der Waals surface area contributed by atoms with Gasteiger partial charge in [0.25, 0.3) is 5.56 Å². The number of para-hydroxylation sites is 1. The Morgan fingerprint density at radius 3 is 2.89 bits per heavy atom. The van der Waals surface area contributed by atoms with Crippen molar-refractivity contribution in [3.05, 3.63) is 63.1 Å². The lowest BCUT2D eigenvalue weighted by atomic mass is 10.2. The molecule has 4 nitrogen and oxygen atoms in total. The lowest BCUT2D eigenvalue weighted by molar-refractivity contribution is 0.670. The number of pyridine rings is 1. The molecule has 0 aliphatic rings. The van der Waals surface area contributed by atoms with Crippen LogP contribution in [0.25, 0.3) is 10.9 Å². The molecule has 0 atom stereocenters. The summed E-state index contributed by atoms with van der Waals surface area (Å²) < 4.78 is 2.50. The van der Waals surface area contributed by atoms with Crippen LogP contribution in [0.4, 0.5) is 0 Å². The Kier molecular flexibility index (Phi) is 2.76. The van der Waals surface area contributed by atoms with E-state index in [0.29, 0.717) is 11.9 Å². The fraction of sp³-hybridized carbons (Fsp3) is 0.0769. The summed E-state index contributed by atoms with van der Waals surface area (Å²) in [6.07, 6.45) is 3.47. The van der Waals surface area contributed by atoms with Crippen LogP contribution in [-0.2, 0) is 6.54 Å². The average Bonchev–Trinajstić information content (AvgIpc) is 2.67. The number of aromatic nitrogens is 3. The maximum Gasteiger partial charge on any atom is 0.274 e. The number of nitrogens with one attached hydrogen (secondary N) is 1. The van der Waals surface area contributed by atoms with Crippen LogP contribution in [0.15, 0.2) is 52.0 Å². The number of rotatable bonds is 2. The number of hydrogen-bond acceptors (Lipinski definition) is 2. The molecule has 5 heteroatoms. The van der Waals surface area contributed by atoms with E-state index in [1.807, 2.05) is 30.3 Å². The van der Waals surface area contributed by atoms with Crippen LogP contribution in [0.3, 0.4) is 0 Å². The Hall–Kier alpha value is -1.88. The molecule has 18 heavy (non-hydrogen) atoms. The molecular formula is C13H10BrN3O. The zero-order valence-corrected chi connectivity index (χ0v) is 11.0. The van der Waals surface area contributed by atoms with Gasteiger partial charge in [0.2, 0.25) is 0 Å². The van der Waals surface area contributed by atoms with Crippen molar-refractivity contribution in [3.8, 4) is 0 Å². The third kappa shape index (κ3) is 1.97. The first kappa shape index (κ1) is 11.2. The van der Waals surface area contributed by atoms with E-state index in [9.17, 15) is 4.79 Å². The number of fused-ring (bicyclic) bond motifs is 1. The number of nitrogens with zero attached hydrogens (tertiary/aromatic N) is 2. The van der Waals surface area contributed by atoms with Crippen molar-refractivity contribution in [2.75, 3.05) is 0 Å². The topological polar surface area (TPSA) is 50.7 Å². The molecule has 2 heterocycles. The van der Waals surface area contributed by atoms with Crippen LogP contribution in [-0.4, -0.2) is 14.8 Å². The molecule has 0 aliphatic heterocycles. The Balaban J connectivity index is 2.05. The number of H-pyrrole nitrogens is 1. The van der Waals surface area contributed by atoms with Crippen molar-refractivity contribution in [1.82, 2.24) is 14.8 Å². The zero-order valence-electron chi connectivity index (χ0n) is 9.43. The molecule has 0 aliphatic carbocycles. The van der Waals surface area contributed by atoms with E-state index < -0.39 is 0 Å². The van der Waals surface area contributed by atoms with Gasteiger partial charge < -0.3 is 0 Å². The minimum atomic E-state index is -0.00873. The third-order valence-electron chi connectivity index (χ3n) is 2.76. The van der Waals surface area contributed by atoms with Crippen LogP contribution in [0.1, 0.15) is 5.56 Å². The molecule has 0 unspecified atom stereocenters. The molecule has 0 spiro atoms. The molecule has 1 N–H and O–H groups in total. The second-order valence-corrected chi connectivity index (χ2v) is 4.98. The Labute approximate surface area is 111 Å². The standard InChI is InChI=1S/C13H10BrN3O/c14-10-5-9(6-15-7-10)8-17-13(18)11-3-1-2-4-12(11)16-17/h1-7,16H,8H2. The van der Waals surface area contributed by atoms with Gasteiger partial charge in [-0.3, -0.25) is 14.9 Å². The Morgan fingerprint density at radius 1 is 1.28 bits per heavy atom. The number of halogens is 1. The molecule has 0 radical (unpaired) electrons. The predicted molar refractivity (Wildman–Crippen MR) is 73.6 cm³/mol. The van der Waals surface area contributed by atoms with Crippen LogP contribution in [0.5, 0.6) is 0 Å². The largest absolute Gasteiger partial charge is 0.295 e. The van der Waals surface area contributed by atoms with Gasteiger partial charge in [-0.05, 0) is 39.7 Å². The van der Waals surface area contributed by atoms with Gasteiger partial charge >= 0.3 is 0 Å². The quantitative estimate of drug-likeness (QED) is 0.791. The van der Waals surface area contributed by atoms with Gasteiger partial charge in [-0.15, -0.1) is 0 Å². The first-order valence-corrected chi connectivity index (χ1v) is 6.30. The lowest BCUT2D eigenvalue weighted by Gasteiger charge is -2.01. The van der Waals surface area contributed by atoms with E-state index >= 15 is 0 Å². The fourth-order valence-corrected chi connectivity index (χ4v) is 2.36. The van der Waals surface area contributed by atoms with E-state index in [4.69, 9.17) is 0 Å². The summed E-state index contributed by atoms with van der Waals surface area (Å²) in [6, 6.07) is 9.44. The molecule has 0 bridgehead atoms. The maximum atomic E-state index is 12.1. The van der Waals surface area contributed by atoms with Gasteiger partial charge in [0.05, 0.1) is 17.4 Å². The van der Waals surface area contributed by atoms with Crippen molar-refractivity contribution in [2.45, 2.75) is 6.54 Å². The van der Waals surface area contributed by atoms with Gasteiger partial charge in [0.1, 0.15) is 0 Å². The summed E-state index contributed by atoms with van der Waals surface area (Å²) in [4.78, 5) is 16.2. The van der Waals surface area contributed by atoms with Crippen LogP contribution < -0.4 is 5.56 Å². The summed E-state index contributed by atoms with van der Waals surface area (Å²) in [5.74, 6) is 0. The van der Waals surface area contributed by atoms with Crippen molar-refractivity contribution in [3.63, 3.8) is 0 Å². The van der Waals surface area contributed by atoms with Crippen molar-refractivity contribution >= 4 is 26.8 Å². The summed E-state index contributed by atoms with van der Waals surface area (Å²) in [7, 11) is 0. The minimum Gasteiger partial charge on any atom is -0.295 e. The Morgan fingerprint density at radius 2 is 2.11 bits per heavy atom. The summed E-state index contributed by atoms with van der Waals surface area (Å²) >= 11 is 3.37. The highest BCUT2D eigenvalue weighted by Crippen LogP contribution is 2.11. The molecule has 90 valence electrons. The van der Waals surface area contributed by atoms with Gasteiger partial charge in [0.15, 0.2) is 0 Å². The minimum absolute atomic E-state index is 0.00873. The first-order valence-electron chi connectivity index (χ1n) is 5.51. The zero-order chi connectivity index (χ0) is 12.5. The predicted octanol–water partition coefficient (Wildman–Crippen LogP) is 2.54. The second kappa shape index (κ2) is 4.42. The lowest BCUT2D eigenvalue weighted by Crippen LogP contribution is -2.17. The average molecular weight is 304 g/mol. The van der Waals surface area contributed by atoms with E-state index in [0.717, 1.165) is 15.6 Å². The summed E-state index contributed by atoms with van der Waals surface area (Å²) in [5.41, 5.74) is 1.81. The van der Waals surface area contributed by atoms with Gasteiger partial charge in [-0.25, -0.2) is 4.68 Å². The van der Waals surface area contributed by atoms with Gasteiger partial charge in [-0.1, -0.05) is 12.1 Å². The van der Waals surface area contributed by atoms with Crippen molar-refractivity contribution < 1.29 is 0 Å². The van der Waals surface area contributed by atoms with Gasteiger partial charge in [-0.2, -0.15) is 0 Å². The van der Waals surface area contributed by atoms with E-state index in [1.54, 1.807) is 17.1 Å². The maximum absolute atomic E-state index is 12.1. The van der Waals surface area contributed by atoms with Crippen LogP contribution in [0.2, 0.25) is 0 Å². The number of aromatic amines is 1. The molecule has 0 fully saturated rings. The van der Waals surface area contributed by atoms with Crippen LogP contribution >= 0.6 is 15.9 Å². The molecule has 0 saturated carbocycles. The fourth-order valence-electron chi connectivity index (χ4n) is 1.94. The van der Waals surface area contributed by atoms with Crippen molar-refractivity contribution in [1.29, 1.82) is 0 Å². The molecule has 0 amide bonds. The normalized spacial score (nSPS) is 10.9. The molecule has 3 rings (SSSR count). The molecule has 3 aromatic rings. The SMILES string of the molecule is O=c1c2ccccc2[nH]n1Cc1cncc(Br)c1. The van der Waals surface area contributed by atoms with Gasteiger partial charge in [0, 0.05) is 16.9 Å². The summed E-state index contributed by atoms with van der Waals surface area (Å²) in [6.45, 7) is 0.486. The molecule has 2 aromatic heterocycles. The van der Waals surface area contributed by atoms with E-state index in [-0.39, 0.29) is 5.56 Å². The van der Waals surface area contributed by atoms with E-state index in [1.165, 1.54) is 0 Å². The monoisotopic (exact) mass is 303 g/mol. The third-order valence-corrected chi connectivity index (χ3v) is 3.19. The smallest absolute Gasteiger partial charge is 0.274 e. The molecular weight excluding hydrogens is 294 g/mol. The van der Waals surface area contributed by atoms with E-state index in [2.05, 4.69) is 26.0 Å². The first-order chi connectivity index (χ1) is 8.74.